The second-order valence-electron chi connectivity index (χ2n) is 5.14. The van der Waals surface area contributed by atoms with E-state index in [1.165, 1.54) is 11.3 Å². The minimum atomic E-state index is -3.37. The first-order chi connectivity index (χ1) is 9.48. The lowest BCUT2D eigenvalue weighted by Gasteiger charge is -2.30. The van der Waals surface area contributed by atoms with Crippen LogP contribution in [0, 0.1) is 12.8 Å². The molecule has 5 nitrogen and oxygen atoms in total. The van der Waals surface area contributed by atoms with Crippen LogP contribution >= 0.6 is 11.3 Å². The Balaban J connectivity index is 2.13. The van der Waals surface area contributed by atoms with Gasteiger partial charge in [0.2, 0.25) is 10.0 Å². The van der Waals surface area contributed by atoms with Gasteiger partial charge in [0.05, 0.1) is 4.90 Å². The molecule has 0 atom stereocenters. The third-order valence-corrected chi connectivity index (χ3v) is 6.94. The van der Waals surface area contributed by atoms with E-state index in [4.69, 9.17) is 10.5 Å². The SMILES string of the molecule is COCC1CCN(S(=O)(=O)c2cc(CN)sc2C)CC1. The number of ether oxygens (including phenoxy) is 1. The summed E-state index contributed by atoms with van der Waals surface area (Å²) in [6.07, 6.45) is 1.72. The highest BCUT2D eigenvalue weighted by Crippen LogP contribution is 2.30. The molecular weight excluding hydrogens is 296 g/mol. The van der Waals surface area contributed by atoms with Crippen molar-refractivity contribution >= 4 is 21.4 Å². The van der Waals surface area contributed by atoms with Gasteiger partial charge in [-0.3, -0.25) is 0 Å². The molecule has 2 rings (SSSR count). The molecule has 2 N–H and O–H groups in total. The first-order valence-corrected chi connectivity index (χ1v) is 9.03. The molecular formula is C13H22N2O3S2. The van der Waals surface area contributed by atoms with Crippen LogP contribution < -0.4 is 5.73 Å². The van der Waals surface area contributed by atoms with Crippen molar-refractivity contribution in [2.75, 3.05) is 26.8 Å². The van der Waals surface area contributed by atoms with Gasteiger partial charge in [0.15, 0.2) is 0 Å². The largest absolute Gasteiger partial charge is 0.384 e. The van der Waals surface area contributed by atoms with E-state index < -0.39 is 10.0 Å². The molecule has 1 aliphatic rings. The van der Waals surface area contributed by atoms with Gasteiger partial charge in [0.1, 0.15) is 0 Å². The number of hydrogen-bond acceptors (Lipinski definition) is 5. The number of rotatable bonds is 5. The predicted octanol–water partition coefficient (Wildman–Crippen LogP) is 1.56. The molecule has 0 aliphatic carbocycles. The lowest BCUT2D eigenvalue weighted by molar-refractivity contribution is 0.121. The molecule has 1 aliphatic heterocycles. The smallest absolute Gasteiger partial charge is 0.244 e. The molecule has 2 heterocycles. The highest BCUT2D eigenvalue weighted by atomic mass is 32.2. The van der Waals surface area contributed by atoms with Gasteiger partial charge in [0, 0.05) is 43.1 Å². The molecule has 1 aromatic rings. The first-order valence-electron chi connectivity index (χ1n) is 6.77. The highest BCUT2D eigenvalue weighted by molar-refractivity contribution is 7.89. The zero-order chi connectivity index (χ0) is 14.8. The van der Waals surface area contributed by atoms with Gasteiger partial charge >= 0.3 is 0 Å². The van der Waals surface area contributed by atoms with Crippen molar-refractivity contribution in [1.29, 1.82) is 0 Å². The summed E-state index contributed by atoms with van der Waals surface area (Å²) in [5.41, 5.74) is 5.59. The monoisotopic (exact) mass is 318 g/mol. The maximum atomic E-state index is 12.7. The molecule has 0 saturated carbocycles. The number of piperidine rings is 1. The van der Waals surface area contributed by atoms with E-state index in [0.29, 0.717) is 37.1 Å². The molecule has 0 amide bonds. The Morgan fingerprint density at radius 2 is 2.10 bits per heavy atom. The summed E-state index contributed by atoms with van der Waals surface area (Å²) in [5.74, 6) is 0.467. The first kappa shape index (κ1) is 15.9. The van der Waals surface area contributed by atoms with Crippen LogP contribution in [-0.2, 0) is 21.3 Å². The number of sulfonamides is 1. The van der Waals surface area contributed by atoms with Gasteiger partial charge < -0.3 is 10.5 Å². The highest BCUT2D eigenvalue weighted by Gasteiger charge is 2.31. The summed E-state index contributed by atoms with van der Waals surface area (Å²) in [5, 5.41) is 0. The summed E-state index contributed by atoms with van der Waals surface area (Å²) in [7, 11) is -1.69. The Hall–Kier alpha value is -0.470. The van der Waals surface area contributed by atoms with Crippen LogP contribution in [-0.4, -0.2) is 39.5 Å². The predicted molar refractivity (Wildman–Crippen MR) is 80.3 cm³/mol. The Kier molecular flexibility index (Phi) is 5.19. The van der Waals surface area contributed by atoms with Crippen LogP contribution in [0.4, 0.5) is 0 Å². The Morgan fingerprint density at radius 3 is 2.60 bits per heavy atom. The van der Waals surface area contributed by atoms with Gasteiger partial charge in [-0.05, 0) is 31.7 Å². The number of hydrogen-bond donors (Lipinski definition) is 1. The molecule has 0 radical (unpaired) electrons. The van der Waals surface area contributed by atoms with Crippen LogP contribution in [0.3, 0.4) is 0 Å². The van der Waals surface area contributed by atoms with E-state index in [9.17, 15) is 8.42 Å². The summed E-state index contributed by atoms with van der Waals surface area (Å²) in [4.78, 5) is 2.16. The van der Waals surface area contributed by atoms with Gasteiger partial charge in [-0.2, -0.15) is 4.31 Å². The van der Waals surface area contributed by atoms with E-state index in [-0.39, 0.29) is 0 Å². The maximum Gasteiger partial charge on any atom is 0.244 e. The number of thiophene rings is 1. The van der Waals surface area contributed by atoms with Crippen LogP contribution in [0.1, 0.15) is 22.6 Å². The standard InChI is InChI=1S/C13H22N2O3S2/c1-10-13(7-12(8-14)19-10)20(16,17)15-5-3-11(4-6-15)9-18-2/h7,11H,3-6,8-9,14H2,1-2H3. The molecule has 0 bridgehead atoms. The zero-order valence-corrected chi connectivity index (χ0v) is 13.6. The quantitative estimate of drug-likeness (QED) is 0.894. The van der Waals surface area contributed by atoms with Gasteiger partial charge in [-0.25, -0.2) is 8.42 Å². The molecule has 1 fully saturated rings. The maximum absolute atomic E-state index is 12.7. The van der Waals surface area contributed by atoms with Crippen LogP contribution in [0.15, 0.2) is 11.0 Å². The summed E-state index contributed by atoms with van der Waals surface area (Å²) in [6, 6.07) is 1.72. The Bertz CT molecular complexity index is 546. The van der Waals surface area contributed by atoms with E-state index in [0.717, 1.165) is 22.6 Å². The lowest BCUT2D eigenvalue weighted by atomic mass is 9.99. The van der Waals surface area contributed by atoms with E-state index >= 15 is 0 Å². The lowest BCUT2D eigenvalue weighted by Crippen LogP contribution is -2.39. The van der Waals surface area contributed by atoms with Crippen molar-refractivity contribution in [3.8, 4) is 0 Å². The van der Waals surface area contributed by atoms with Crippen molar-refractivity contribution < 1.29 is 13.2 Å². The fraction of sp³-hybridized carbons (Fsp3) is 0.692. The molecule has 7 heteroatoms. The van der Waals surface area contributed by atoms with E-state index in [2.05, 4.69) is 0 Å². The summed E-state index contributed by atoms with van der Waals surface area (Å²) >= 11 is 1.46. The molecule has 1 aromatic heterocycles. The van der Waals surface area contributed by atoms with Crippen LogP contribution in [0.5, 0.6) is 0 Å². The second kappa shape index (κ2) is 6.53. The Labute approximate surface area is 124 Å². The van der Waals surface area contributed by atoms with Gasteiger partial charge in [0.25, 0.3) is 0 Å². The molecule has 0 spiro atoms. The van der Waals surface area contributed by atoms with Crippen molar-refractivity contribution in [2.24, 2.45) is 11.7 Å². The average Bonchev–Trinajstić information content (AvgIpc) is 2.82. The zero-order valence-electron chi connectivity index (χ0n) is 12.0. The van der Waals surface area contributed by atoms with Gasteiger partial charge in [-0.1, -0.05) is 0 Å². The summed E-state index contributed by atoms with van der Waals surface area (Å²) < 4.78 is 32.1. The molecule has 0 unspecified atom stereocenters. The van der Waals surface area contributed by atoms with Crippen LogP contribution in [0.2, 0.25) is 0 Å². The molecule has 20 heavy (non-hydrogen) atoms. The number of aryl methyl sites for hydroxylation is 1. The van der Waals surface area contributed by atoms with Gasteiger partial charge in [-0.15, -0.1) is 11.3 Å². The van der Waals surface area contributed by atoms with Crippen LogP contribution in [0.25, 0.3) is 0 Å². The average molecular weight is 318 g/mol. The minimum absolute atomic E-state index is 0.386. The van der Waals surface area contributed by atoms with Crippen molar-refractivity contribution in [3.63, 3.8) is 0 Å². The fourth-order valence-electron chi connectivity index (χ4n) is 2.57. The normalized spacial score (nSPS) is 18.6. The second-order valence-corrected chi connectivity index (χ2v) is 8.39. The minimum Gasteiger partial charge on any atom is -0.384 e. The molecule has 0 aromatic carbocycles. The van der Waals surface area contributed by atoms with Crippen molar-refractivity contribution in [1.82, 2.24) is 4.31 Å². The number of methoxy groups -OCH3 is 1. The fourth-order valence-corrected chi connectivity index (χ4v) is 5.52. The number of nitrogens with two attached hydrogens (primary N) is 1. The summed E-state index contributed by atoms with van der Waals surface area (Å²) in [6.45, 7) is 4.08. The number of nitrogens with zero attached hydrogens (tertiary/aromatic N) is 1. The third-order valence-electron chi connectivity index (χ3n) is 3.72. The van der Waals surface area contributed by atoms with Crippen molar-refractivity contribution in [2.45, 2.75) is 31.2 Å². The van der Waals surface area contributed by atoms with Crippen molar-refractivity contribution in [3.05, 3.63) is 15.8 Å². The van der Waals surface area contributed by atoms with E-state index in [1.807, 2.05) is 6.92 Å². The van der Waals surface area contributed by atoms with E-state index in [1.54, 1.807) is 17.5 Å². The topological polar surface area (TPSA) is 72.6 Å². The third kappa shape index (κ3) is 3.23. The molecule has 1 saturated heterocycles. The Morgan fingerprint density at radius 1 is 1.45 bits per heavy atom. The molecule has 114 valence electrons.